The molecule has 0 saturated heterocycles. The van der Waals surface area contributed by atoms with E-state index < -0.39 is 81.3 Å². The van der Waals surface area contributed by atoms with Crippen LogP contribution in [0.5, 0.6) is 28.7 Å². The summed E-state index contributed by atoms with van der Waals surface area (Å²) in [6.45, 7) is 15.0. The summed E-state index contributed by atoms with van der Waals surface area (Å²) < 4.78 is 109. The third-order valence-corrected chi connectivity index (χ3v) is 11.8. The van der Waals surface area contributed by atoms with Crippen molar-refractivity contribution in [3.8, 4) is 28.7 Å². The summed E-state index contributed by atoms with van der Waals surface area (Å²) in [6.07, 6.45) is 5.06. The highest BCUT2D eigenvalue weighted by atomic mass is 32.2. The standard InChI is InChI=1S/C16H21O6P.C15H15F3O8S.C14H16O6/c1-4-11-10(3)13-7-22-16(18)14(13)15(17)12(11)6-5-9(2)8-23(19,20)21;1-5-6-25-10-7-9(26-27(21,22)15(16,17)18)8(2)11(13(19)23-3)12(10)14(20)24-4;1-5-6-20-10-7-9(15)8(2)11(13(16)18-3)12(10)14(17)19-4/h5,17H,4,6-8H2,1-3H3,(H2,19,20,21);5,7H,1,6H2,2-4H3;5,7,15H,1,6H2,2-4H3/b9-5+;;. The Labute approximate surface area is 400 Å². The molecule has 4 N–H and O–H groups in total. The molecule has 384 valence electrons. The molecule has 1 aliphatic rings. The lowest BCUT2D eigenvalue weighted by Crippen LogP contribution is -2.28. The Morgan fingerprint density at radius 2 is 1.23 bits per heavy atom. The molecule has 0 saturated carbocycles. The number of cyclic esters (lactones) is 1. The van der Waals surface area contributed by atoms with Crippen LogP contribution in [0.4, 0.5) is 13.2 Å². The second-order valence-electron chi connectivity index (χ2n) is 14.5. The van der Waals surface area contributed by atoms with E-state index in [1.54, 1.807) is 13.0 Å². The minimum Gasteiger partial charge on any atom is -0.508 e. The van der Waals surface area contributed by atoms with Gasteiger partial charge in [-0.25, -0.2) is 24.0 Å². The molecule has 0 spiro atoms. The molecule has 20 nitrogen and oxygen atoms in total. The van der Waals surface area contributed by atoms with Gasteiger partial charge in [-0.3, -0.25) is 4.57 Å². The first-order valence-corrected chi connectivity index (χ1v) is 23.3. The Hall–Kier alpha value is -6.88. The number of rotatable bonds is 17. The number of hydrogen-bond acceptors (Lipinski definition) is 18. The molecule has 0 fully saturated rings. The fourth-order valence-electron chi connectivity index (χ4n) is 6.58. The molecule has 0 bridgehead atoms. The Kier molecular flexibility index (Phi) is 21.3. The zero-order valence-corrected chi connectivity index (χ0v) is 41.1. The number of benzene rings is 3. The zero-order valence-electron chi connectivity index (χ0n) is 39.4. The molecule has 25 heteroatoms. The van der Waals surface area contributed by atoms with Crippen LogP contribution in [-0.4, -0.2) is 112 Å². The second-order valence-corrected chi connectivity index (χ2v) is 17.6. The SMILES string of the molecule is C=CCOc1cc(O)c(C)c(C(=O)OC)c1C(=O)OC.C=CCOc1cc(OS(=O)(=O)C(F)(F)F)c(C)c(C(=O)OC)c1C(=O)OC.CCc1c(C)c2c(c(O)c1C/C=C(\C)CP(=O)(O)O)C(=O)OC2. The Morgan fingerprint density at radius 3 is 1.66 bits per heavy atom. The van der Waals surface area contributed by atoms with Gasteiger partial charge in [-0.05, 0) is 51.7 Å². The lowest BCUT2D eigenvalue weighted by molar-refractivity contribution is -0.0500. The quantitative estimate of drug-likeness (QED) is 0.0270. The van der Waals surface area contributed by atoms with Crippen LogP contribution in [0.15, 0.2) is 49.1 Å². The van der Waals surface area contributed by atoms with Crippen molar-refractivity contribution in [2.45, 2.75) is 59.6 Å². The van der Waals surface area contributed by atoms with Crippen molar-refractivity contribution in [2.24, 2.45) is 0 Å². The third-order valence-electron chi connectivity index (χ3n) is 9.89. The minimum atomic E-state index is -6.04. The summed E-state index contributed by atoms with van der Waals surface area (Å²) in [4.78, 5) is 77.7. The number of aromatic hydroxyl groups is 2. The van der Waals surface area contributed by atoms with Gasteiger partial charge >= 0.3 is 53.1 Å². The fraction of sp³-hybridized carbons (Fsp3) is 0.356. The lowest BCUT2D eigenvalue weighted by atomic mass is 9.89. The monoisotopic (exact) mass is 1030 g/mol. The van der Waals surface area contributed by atoms with Crippen LogP contribution in [-0.2, 0) is 57.8 Å². The molecule has 3 aromatic carbocycles. The van der Waals surface area contributed by atoms with Gasteiger partial charge in [-0.1, -0.05) is 43.9 Å². The van der Waals surface area contributed by atoms with Crippen LogP contribution in [0.3, 0.4) is 0 Å². The third kappa shape index (κ3) is 14.3. The fourth-order valence-corrected chi connectivity index (χ4v) is 7.87. The van der Waals surface area contributed by atoms with Gasteiger partial charge in [0.15, 0.2) is 0 Å². The van der Waals surface area contributed by atoms with E-state index in [-0.39, 0.29) is 65.5 Å². The van der Waals surface area contributed by atoms with Gasteiger partial charge < -0.3 is 57.3 Å². The summed E-state index contributed by atoms with van der Waals surface area (Å²) in [5.41, 5.74) is -3.14. The average Bonchev–Trinajstić information content (AvgIpc) is 3.69. The maximum Gasteiger partial charge on any atom is 0.534 e. The number of carbonyl (C=O) groups excluding carboxylic acids is 5. The highest BCUT2D eigenvalue weighted by Crippen LogP contribution is 2.41. The van der Waals surface area contributed by atoms with Crippen molar-refractivity contribution in [3.63, 3.8) is 0 Å². The first kappa shape index (κ1) is 59.2. The highest BCUT2D eigenvalue weighted by Gasteiger charge is 2.49. The van der Waals surface area contributed by atoms with Crippen molar-refractivity contribution in [1.29, 1.82) is 0 Å². The molecular formula is C45H52F3O20PS. The molecule has 0 radical (unpaired) electrons. The van der Waals surface area contributed by atoms with E-state index in [0.29, 0.717) is 24.0 Å². The van der Waals surface area contributed by atoms with Crippen LogP contribution in [0.2, 0.25) is 0 Å². The molecular weight excluding hydrogens is 981 g/mol. The zero-order chi connectivity index (χ0) is 53.6. The number of hydrogen-bond donors (Lipinski definition) is 4. The van der Waals surface area contributed by atoms with Gasteiger partial charge in [-0.2, -0.15) is 21.6 Å². The summed E-state index contributed by atoms with van der Waals surface area (Å²) in [5.74, 6) is -5.83. The number of ether oxygens (including phenoxy) is 7. The number of esters is 5. The number of carbonyl (C=O) groups is 5. The van der Waals surface area contributed by atoms with E-state index in [0.717, 1.165) is 43.9 Å². The summed E-state index contributed by atoms with van der Waals surface area (Å²) >= 11 is 0. The average molecular weight is 1030 g/mol. The largest absolute Gasteiger partial charge is 0.534 e. The van der Waals surface area contributed by atoms with E-state index in [9.17, 15) is 60.3 Å². The van der Waals surface area contributed by atoms with Crippen LogP contribution in [0, 0.1) is 20.8 Å². The lowest BCUT2D eigenvalue weighted by Gasteiger charge is -2.18. The van der Waals surface area contributed by atoms with E-state index in [1.165, 1.54) is 39.4 Å². The molecule has 0 aromatic heterocycles. The van der Waals surface area contributed by atoms with Gasteiger partial charge in [0.25, 0.3) is 0 Å². The van der Waals surface area contributed by atoms with Gasteiger partial charge in [0.2, 0.25) is 0 Å². The number of alkyl halides is 3. The molecule has 4 rings (SSSR count). The number of halogens is 3. The van der Waals surface area contributed by atoms with Crippen LogP contribution in [0.25, 0.3) is 0 Å². The van der Waals surface area contributed by atoms with Gasteiger partial charge in [0.05, 0.1) is 45.7 Å². The number of phenolic OH excluding ortho intramolecular Hbond substituents is 2. The molecule has 0 atom stereocenters. The maximum atomic E-state index is 12.6. The van der Waals surface area contributed by atoms with Crippen LogP contribution in [0.1, 0.15) is 99.0 Å². The predicted molar refractivity (Wildman–Crippen MR) is 242 cm³/mol. The van der Waals surface area contributed by atoms with E-state index in [2.05, 4.69) is 36.3 Å². The Balaban J connectivity index is 0.000000364. The first-order valence-electron chi connectivity index (χ1n) is 20.1. The molecule has 1 heterocycles. The van der Waals surface area contributed by atoms with Crippen molar-refractivity contribution in [1.82, 2.24) is 0 Å². The van der Waals surface area contributed by atoms with E-state index >= 15 is 0 Å². The van der Waals surface area contributed by atoms with Gasteiger partial charge in [0, 0.05) is 34.4 Å². The normalized spacial score (nSPS) is 12.1. The predicted octanol–water partition coefficient (Wildman–Crippen LogP) is 6.80. The number of methoxy groups -OCH3 is 4. The molecule has 70 heavy (non-hydrogen) atoms. The summed E-state index contributed by atoms with van der Waals surface area (Å²) in [5, 5.41) is 20.3. The van der Waals surface area contributed by atoms with Crippen LogP contribution < -0.4 is 13.7 Å². The molecule has 3 aromatic rings. The van der Waals surface area contributed by atoms with E-state index in [4.69, 9.17) is 24.0 Å². The topological polar surface area (TPSA) is 291 Å². The van der Waals surface area contributed by atoms with Gasteiger partial charge in [0.1, 0.15) is 65.3 Å². The number of fused-ring (bicyclic) bond motifs is 1. The Morgan fingerprint density at radius 1 is 0.771 bits per heavy atom. The summed E-state index contributed by atoms with van der Waals surface area (Å²) in [7, 11) is -5.85. The first-order chi connectivity index (χ1) is 32.5. The smallest absolute Gasteiger partial charge is 0.508 e. The number of phenols is 2. The Bertz CT molecular complexity index is 2720. The second kappa shape index (κ2) is 25.1. The van der Waals surface area contributed by atoms with Gasteiger partial charge in [-0.15, -0.1) is 0 Å². The molecule has 0 amide bonds. The van der Waals surface area contributed by atoms with Crippen molar-refractivity contribution in [2.75, 3.05) is 47.8 Å². The molecule has 0 aliphatic carbocycles. The minimum absolute atomic E-state index is 0.0280. The van der Waals surface area contributed by atoms with Crippen molar-refractivity contribution >= 4 is 47.6 Å². The summed E-state index contributed by atoms with van der Waals surface area (Å²) in [6, 6.07) is 1.97. The highest BCUT2D eigenvalue weighted by molar-refractivity contribution is 7.88. The van der Waals surface area contributed by atoms with Crippen molar-refractivity contribution in [3.05, 3.63) is 110 Å². The maximum absolute atomic E-state index is 12.6. The van der Waals surface area contributed by atoms with Crippen molar-refractivity contribution < 1.29 is 107 Å². The molecule has 1 aliphatic heterocycles. The van der Waals surface area contributed by atoms with Crippen LogP contribution >= 0.6 is 7.60 Å². The van der Waals surface area contributed by atoms with E-state index in [1.807, 2.05) is 13.8 Å². The molecule has 0 unspecified atom stereocenters. The number of allylic oxidation sites excluding steroid dienone is 2.